The van der Waals surface area contributed by atoms with E-state index in [1.165, 1.54) is 76.6 Å². The molecule has 0 atom stereocenters. The van der Waals surface area contributed by atoms with Crippen LogP contribution in [-0.2, 0) is 0 Å². The molecular formula is C46H30N2. The molecule has 0 amide bonds. The van der Waals surface area contributed by atoms with E-state index in [9.17, 15) is 0 Å². The van der Waals surface area contributed by atoms with Crippen molar-refractivity contribution in [2.75, 3.05) is 0 Å². The van der Waals surface area contributed by atoms with Crippen LogP contribution in [0.25, 0.3) is 88.0 Å². The molecular weight excluding hydrogens is 581 g/mol. The van der Waals surface area contributed by atoms with Crippen molar-refractivity contribution in [1.29, 1.82) is 0 Å². The molecule has 10 rings (SSSR count). The molecule has 0 aliphatic carbocycles. The molecule has 48 heavy (non-hydrogen) atoms. The Morgan fingerprint density at radius 2 is 0.854 bits per heavy atom. The molecule has 0 aliphatic rings. The van der Waals surface area contributed by atoms with Crippen molar-refractivity contribution < 1.29 is 0 Å². The number of hydrogen-bond donors (Lipinski definition) is 0. The lowest BCUT2D eigenvalue weighted by Gasteiger charge is -2.12. The van der Waals surface area contributed by atoms with Crippen LogP contribution in [0, 0.1) is 0 Å². The topological polar surface area (TPSA) is 9.86 Å². The van der Waals surface area contributed by atoms with E-state index in [0.717, 1.165) is 11.4 Å². The Labute approximate surface area is 278 Å². The SMILES string of the molecule is c1ccc(-c2ccc(-n3c4ccccc4c4ccc5c(c6ccccc6n5-c5ccc(-c6cccc7ccccc67)cc5)c43)cc2)cc1. The maximum atomic E-state index is 2.46. The second kappa shape index (κ2) is 10.6. The van der Waals surface area contributed by atoms with Crippen LogP contribution in [-0.4, -0.2) is 9.13 Å². The molecule has 0 saturated carbocycles. The molecule has 0 fully saturated rings. The fourth-order valence-electron chi connectivity index (χ4n) is 7.76. The summed E-state index contributed by atoms with van der Waals surface area (Å²) in [5.74, 6) is 0. The summed E-state index contributed by atoms with van der Waals surface area (Å²) in [5.41, 5.74) is 12.1. The molecule has 0 bridgehead atoms. The van der Waals surface area contributed by atoms with E-state index in [4.69, 9.17) is 0 Å². The molecule has 0 N–H and O–H groups in total. The van der Waals surface area contributed by atoms with Gasteiger partial charge in [0.1, 0.15) is 0 Å². The number of para-hydroxylation sites is 2. The summed E-state index contributed by atoms with van der Waals surface area (Å²) in [6.07, 6.45) is 0. The lowest BCUT2D eigenvalue weighted by molar-refractivity contribution is 1.17. The number of benzene rings is 8. The Morgan fingerprint density at radius 3 is 1.62 bits per heavy atom. The van der Waals surface area contributed by atoms with Crippen LogP contribution in [0.5, 0.6) is 0 Å². The molecule has 0 saturated heterocycles. The first-order valence-electron chi connectivity index (χ1n) is 16.5. The van der Waals surface area contributed by atoms with E-state index < -0.39 is 0 Å². The van der Waals surface area contributed by atoms with Gasteiger partial charge in [0, 0.05) is 32.9 Å². The first kappa shape index (κ1) is 26.8. The van der Waals surface area contributed by atoms with E-state index in [1.54, 1.807) is 0 Å². The summed E-state index contributed by atoms with van der Waals surface area (Å²) in [4.78, 5) is 0. The first-order valence-corrected chi connectivity index (χ1v) is 16.5. The minimum atomic E-state index is 1.15. The summed E-state index contributed by atoms with van der Waals surface area (Å²) in [5, 5.41) is 7.58. The molecule has 2 heteroatoms. The van der Waals surface area contributed by atoms with Gasteiger partial charge in [-0.2, -0.15) is 0 Å². The summed E-state index contributed by atoms with van der Waals surface area (Å²) < 4.78 is 4.89. The molecule has 8 aromatic carbocycles. The molecule has 0 spiro atoms. The van der Waals surface area contributed by atoms with Crippen molar-refractivity contribution in [2.24, 2.45) is 0 Å². The molecule has 0 aliphatic heterocycles. The molecule has 2 nitrogen and oxygen atoms in total. The van der Waals surface area contributed by atoms with Crippen LogP contribution in [0.3, 0.4) is 0 Å². The molecule has 2 heterocycles. The van der Waals surface area contributed by atoms with Crippen molar-refractivity contribution in [3.63, 3.8) is 0 Å². The first-order chi connectivity index (χ1) is 23.8. The third-order valence-electron chi connectivity index (χ3n) is 9.93. The van der Waals surface area contributed by atoms with E-state index in [-0.39, 0.29) is 0 Å². The van der Waals surface area contributed by atoms with Crippen molar-refractivity contribution in [2.45, 2.75) is 0 Å². The predicted molar refractivity (Wildman–Crippen MR) is 203 cm³/mol. The van der Waals surface area contributed by atoms with Crippen molar-refractivity contribution >= 4 is 54.4 Å². The van der Waals surface area contributed by atoms with Gasteiger partial charge in [-0.1, -0.05) is 140 Å². The van der Waals surface area contributed by atoms with E-state index in [0.29, 0.717) is 0 Å². The summed E-state index contributed by atoms with van der Waals surface area (Å²) in [6.45, 7) is 0. The summed E-state index contributed by atoms with van der Waals surface area (Å²) >= 11 is 0. The number of rotatable bonds is 4. The van der Waals surface area contributed by atoms with Gasteiger partial charge in [-0.15, -0.1) is 0 Å². The number of aromatic nitrogens is 2. The van der Waals surface area contributed by atoms with Crippen LogP contribution < -0.4 is 0 Å². The third-order valence-corrected chi connectivity index (χ3v) is 9.93. The van der Waals surface area contributed by atoms with Gasteiger partial charge in [0.25, 0.3) is 0 Å². The quantitative estimate of drug-likeness (QED) is 0.188. The zero-order valence-electron chi connectivity index (χ0n) is 26.2. The Hall–Kier alpha value is -6.38. The van der Waals surface area contributed by atoms with Crippen molar-refractivity contribution in [3.05, 3.63) is 182 Å². The molecule has 2 aromatic heterocycles. The normalized spacial score (nSPS) is 11.8. The highest BCUT2D eigenvalue weighted by molar-refractivity contribution is 6.26. The fraction of sp³-hybridized carbons (Fsp3) is 0. The highest BCUT2D eigenvalue weighted by Gasteiger charge is 2.20. The Kier molecular flexibility index (Phi) is 5.91. The summed E-state index contributed by atoms with van der Waals surface area (Å²) in [6, 6.07) is 66.1. The van der Waals surface area contributed by atoms with Crippen LogP contribution in [0.2, 0.25) is 0 Å². The van der Waals surface area contributed by atoms with Crippen molar-refractivity contribution in [3.8, 4) is 33.6 Å². The lowest BCUT2D eigenvalue weighted by atomic mass is 9.98. The largest absolute Gasteiger partial charge is 0.309 e. The van der Waals surface area contributed by atoms with E-state index in [1.807, 2.05) is 0 Å². The zero-order valence-corrected chi connectivity index (χ0v) is 26.2. The monoisotopic (exact) mass is 610 g/mol. The van der Waals surface area contributed by atoms with Crippen LogP contribution in [0.4, 0.5) is 0 Å². The fourth-order valence-corrected chi connectivity index (χ4v) is 7.76. The molecule has 224 valence electrons. The van der Waals surface area contributed by atoms with Gasteiger partial charge >= 0.3 is 0 Å². The minimum absolute atomic E-state index is 1.15. The van der Waals surface area contributed by atoms with Crippen molar-refractivity contribution in [1.82, 2.24) is 9.13 Å². The minimum Gasteiger partial charge on any atom is -0.309 e. The van der Waals surface area contributed by atoms with Gasteiger partial charge in [0.05, 0.1) is 22.1 Å². The van der Waals surface area contributed by atoms with Gasteiger partial charge in [0.15, 0.2) is 0 Å². The third kappa shape index (κ3) is 4.00. The standard InChI is InChI=1S/C46H30N2/c1-2-11-31(12-3-1)32-21-25-36(26-22-32)48-42-19-8-6-16-39(42)40-29-30-44-45(46(40)48)41-17-7-9-20-43(41)47(44)35-27-23-34(24-28-35)38-18-10-14-33-13-4-5-15-37(33)38/h1-30H. The maximum Gasteiger partial charge on any atom is 0.0641 e. The number of nitrogens with zero attached hydrogens (tertiary/aromatic N) is 2. The molecule has 10 aromatic rings. The van der Waals surface area contributed by atoms with Crippen LogP contribution in [0.1, 0.15) is 0 Å². The van der Waals surface area contributed by atoms with Crippen LogP contribution in [0.15, 0.2) is 182 Å². The van der Waals surface area contributed by atoms with Gasteiger partial charge in [-0.25, -0.2) is 0 Å². The van der Waals surface area contributed by atoms with Crippen LogP contribution >= 0.6 is 0 Å². The lowest BCUT2D eigenvalue weighted by Crippen LogP contribution is -1.95. The Balaban J connectivity index is 1.21. The molecule has 0 radical (unpaired) electrons. The zero-order chi connectivity index (χ0) is 31.6. The highest BCUT2D eigenvalue weighted by Crippen LogP contribution is 2.42. The average molecular weight is 611 g/mol. The van der Waals surface area contributed by atoms with E-state index >= 15 is 0 Å². The second-order valence-electron chi connectivity index (χ2n) is 12.5. The van der Waals surface area contributed by atoms with Gasteiger partial charge < -0.3 is 9.13 Å². The summed E-state index contributed by atoms with van der Waals surface area (Å²) in [7, 11) is 0. The van der Waals surface area contributed by atoms with E-state index in [2.05, 4.69) is 191 Å². The molecule has 0 unspecified atom stereocenters. The smallest absolute Gasteiger partial charge is 0.0641 e. The Bertz CT molecular complexity index is 2790. The van der Waals surface area contributed by atoms with Gasteiger partial charge in [-0.05, 0) is 75.5 Å². The Morgan fingerprint density at radius 1 is 0.292 bits per heavy atom. The second-order valence-corrected chi connectivity index (χ2v) is 12.5. The highest BCUT2D eigenvalue weighted by atomic mass is 15.0. The van der Waals surface area contributed by atoms with Gasteiger partial charge in [-0.3, -0.25) is 0 Å². The maximum absolute atomic E-state index is 2.46. The number of hydrogen-bond acceptors (Lipinski definition) is 0. The predicted octanol–water partition coefficient (Wildman–Crippen LogP) is 12.4. The van der Waals surface area contributed by atoms with Gasteiger partial charge in [0.2, 0.25) is 0 Å². The average Bonchev–Trinajstić information content (AvgIpc) is 3.68. The number of fused-ring (bicyclic) bond motifs is 8.